The maximum atomic E-state index is 12.7. The highest BCUT2D eigenvalue weighted by molar-refractivity contribution is 7.47. The summed E-state index contributed by atoms with van der Waals surface area (Å²) in [5.41, 5.74) is 0. The summed E-state index contributed by atoms with van der Waals surface area (Å²) >= 11 is 0. The molecule has 0 radical (unpaired) electrons. The molecule has 0 spiro atoms. The number of hydrogen-bond donors (Lipinski definition) is 3. The Labute approximate surface area is 364 Å². The van der Waals surface area contributed by atoms with Gasteiger partial charge in [-0.05, 0) is 38.5 Å². The molecule has 0 aromatic heterocycles. The molecule has 3 N–H and O–H groups in total. The lowest BCUT2D eigenvalue weighted by Crippen LogP contribution is -2.29. The fraction of sp³-hybridized carbons (Fsp3) is 0.939. The summed E-state index contributed by atoms with van der Waals surface area (Å²) in [6, 6.07) is 0. The molecule has 0 saturated heterocycles. The number of allylic oxidation sites excluding steroid dienone is 2. The molecular formula is C49H97O9P. The minimum absolute atomic E-state index is 0.0540. The standard InChI is InChI=1S/C49H97O9P/c1-3-5-7-9-11-13-15-17-19-21-22-23-24-26-28-30-32-34-36-38-40-42-55-45-48(46-57-59(53,54)56-44-47(51)43-50)58-49(52)41-39-37-35-33-31-29-27-25-20-18-16-14-12-10-8-6-4-2/h18,20,47-48,50-51H,3-17,19,21-46H2,1-2H3,(H,53,54)/b20-18-. The lowest BCUT2D eigenvalue weighted by atomic mass is 10.0. The Bertz CT molecular complexity index is 933. The largest absolute Gasteiger partial charge is 0.472 e. The highest BCUT2D eigenvalue weighted by Gasteiger charge is 2.26. The molecular weight excluding hydrogens is 764 g/mol. The minimum Gasteiger partial charge on any atom is -0.457 e. The molecule has 0 saturated carbocycles. The number of hydrogen-bond acceptors (Lipinski definition) is 8. The zero-order valence-corrected chi connectivity index (χ0v) is 39.6. The molecule has 10 heteroatoms. The van der Waals surface area contributed by atoms with Gasteiger partial charge in [0.2, 0.25) is 0 Å². The summed E-state index contributed by atoms with van der Waals surface area (Å²) in [4.78, 5) is 22.7. The third-order valence-electron chi connectivity index (χ3n) is 11.2. The van der Waals surface area contributed by atoms with E-state index in [0.717, 1.165) is 38.5 Å². The first-order chi connectivity index (χ1) is 28.8. The molecule has 0 aliphatic carbocycles. The van der Waals surface area contributed by atoms with Gasteiger partial charge in [-0.15, -0.1) is 0 Å². The Morgan fingerprint density at radius 3 is 1.27 bits per heavy atom. The lowest BCUT2D eigenvalue weighted by molar-refractivity contribution is -0.154. The van der Waals surface area contributed by atoms with E-state index < -0.39 is 33.2 Å². The van der Waals surface area contributed by atoms with Gasteiger partial charge in [-0.1, -0.05) is 219 Å². The second-order valence-electron chi connectivity index (χ2n) is 17.2. The predicted octanol–water partition coefficient (Wildman–Crippen LogP) is 14.4. The smallest absolute Gasteiger partial charge is 0.457 e. The number of unbranched alkanes of at least 4 members (excludes halogenated alkanes) is 33. The van der Waals surface area contributed by atoms with Crippen LogP contribution >= 0.6 is 7.82 Å². The summed E-state index contributed by atoms with van der Waals surface area (Å²) in [5.74, 6) is -0.381. The Morgan fingerprint density at radius 1 is 0.508 bits per heavy atom. The Balaban J connectivity index is 4.04. The molecule has 0 aromatic carbocycles. The number of aliphatic hydroxyl groups excluding tert-OH is 2. The zero-order valence-electron chi connectivity index (χ0n) is 38.7. The first-order valence-electron chi connectivity index (χ1n) is 25.2. The number of rotatable bonds is 49. The summed E-state index contributed by atoms with van der Waals surface area (Å²) in [6.45, 7) is 3.57. The van der Waals surface area contributed by atoms with Crippen LogP contribution in [0.5, 0.6) is 0 Å². The van der Waals surface area contributed by atoms with Crippen molar-refractivity contribution in [3.63, 3.8) is 0 Å². The van der Waals surface area contributed by atoms with Crippen molar-refractivity contribution < 1.29 is 43.0 Å². The second kappa shape index (κ2) is 46.7. The van der Waals surface area contributed by atoms with Gasteiger partial charge in [0, 0.05) is 13.0 Å². The van der Waals surface area contributed by atoms with Gasteiger partial charge in [-0.25, -0.2) is 4.57 Å². The van der Waals surface area contributed by atoms with Crippen LogP contribution in [-0.4, -0.2) is 66.3 Å². The number of phosphoric ester groups is 1. The molecule has 0 bridgehead atoms. The topological polar surface area (TPSA) is 132 Å². The molecule has 9 nitrogen and oxygen atoms in total. The fourth-order valence-corrected chi connectivity index (χ4v) is 8.14. The van der Waals surface area contributed by atoms with Crippen LogP contribution in [0.4, 0.5) is 0 Å². The zero-order chi connectivity index (χ0) is 43.2. The molecule has 0 aromatic rings. The Kier molecular flexibility index (Phi) is 46.1. The van der Waals surface area contributed by atoms with Gasteiger partial charge < -0.3 is 24.6 Å². The third kappa shape index (κ3) is 46.5. The number of carbonyl (C=O) groups is 1. The molecule has 0 fully saturated rings. The summed E-state index contributed by atoms with van der Waals surface area (Å²) < 4.78 is 33.5. The SMILES string of the molecule is CCCCCCCC/C=C\CCCCCCCCCC(=O)OC(COCCCCCCCCCCCCCCCCCCCCCCC)COP(=O)(O)OCC(O)CO. The van der Waals surface area contributed by atoms with Gasteiger partial charge in [0.15, 0.2) is 0 Å². The highest BCUT2D eigenvalue weighted by Crippen LogP contribution is 2.43. The molecule has 0 heterocycles. The van der Waals surface area contributed by atoms with Crippen molar-refractivity contribution in [2.75, 3.05) is 33.0 Å². The quantitative estimate of drug-likeness (QED) is 0.0237. The Morgan fingerprint density at radius 2 is 0.864 bits per heavy atom. The average Bonchev–Trinajstić information content (AvgIpc) is 3.23. The molecule has 3 unspecified atom stereocenters. The van der Waals surface area contributed by atoms with E-state index in [4.69, 9.17) is 23.6 Å². The van der Waals surface area contributed by atoms with Crippen molar-refractivity contribution in [3.8, 4) is 0 Å². The van der Waals surface area contributed by atoms with Crippen LogP contribution in [0.15, 0.2) is 12.2 Å². The molecule has 59 heavy (non-hydrogen) atoms. The van der Waals surface area contributed by atoms with Crippen LogP contribution in [0.25, 0.3) is 0 Å². The minimum atomic E-state index is -4.52. The maximum Gasteiger partial charge on any atom is 0.472 e. The molecule has 3 atom stereocenters. The first kappa shape index (κ1) is 58.2. The number of esters is 1. The number of phosphoric acid groups is 1. The van der Waals surface area contributed by atoms with E-state index in [1.54, 1.807) is 0 Å². The van der Waals surface area contributed by atoms with Gasteiger partial charge in [-0.2, -0.15) is 0 Å². The fourth-order valence-electron chi connectivity index (χ4n) is 7.35. The number of ether oxygens (including phenoxy) is 2. The van der Waals surface area contributed by atoms with Crippen molar-refractivity contribution in [3.05, 3.63) is 12.2 Å². The molecule has 0 aliphatic heterocycles. The number of carbonyl (C=O) groups excluding carboxylic acids is 1. The third-order valence-corrected chi connectivity index (χ3v) is 12.2. The monoisotopic (exact) mass is 861 g/mol. The van der Waals surface area contributed by atoms with Crippen molar-refractivity contribution in [2.45, 2.75) is 264 Å². The molecule has 0 aliphatic rings. The predicted molar refractivity (Wildman–Crippen MR) is 247 cm³/mol. The van der Waals surface area contributed by atoms with Gasteiger partial charge in [0.1, 0.15) is 12.2 Å². The van der Waals surface area contributed by atoms with E-state index in [9.17, 15) is 19.4 Å². The average molecular weight is 861 g/mol. The van der Waals surface area contributed by atoms with Crippen molar-refractivity contribution in [1.82, 2.24) is 0 Å². The molecule has 0 amide bonds. The van der Waals surface area contributed by atoms with E-state index >= 15 is 0 Å². The summed E-state index contributed by atoms with van der Waals surface area (Å²) in [6.07, 6.45) is 48.9. The van der Waals surface area contributed by atoms with Crippen molar-refractivity contribution >= 4 is 13.8 Å². The molecule has 352 valence electrons. The van der Waals surface area contributed by atoms with Gasteiger partial charge >= 0.3 is 13.8 Å². The summed E-state index contributed by atoms with van der Waals surface area (Å²) in [5, 5.41) is 18.4. The van der Waals surface area contributed by atoms with E-state index in [1.165, 1.54) is 193 Å². The molecule has 0 rings (SSSR count). The van der Waals surface area contributed by atoms with E-state index in [-0.39, 0.29) is 25.6 Å². The van der Waals surface area contributed by atoms with Crippen molar-refractivity contribution in [1.29, 1.82) is 0 Å². The van der Waals surface area contributed by atoms with E-state index in [0.29, 0.717) is 6.61 Å². The van der Waals surface area contributed by atoms with Gasteiger partial charge in [-0.3, -0.25) is 13.8 Å². The Hall–Kier alpha value is -0.800. The van der Waals surface area contributed by atoms with E-state index in [1.807, 2.05) is 0 Å². The van der Waals surface area contributed by atoms with Crippen LogP contribution in [0.1, 0.15) is 251 Å². The van der Waals surface area contributed by atoms with Crippen LogP contribution in [0.3, 0.4) is 0 Å². The second-order valence-corrected chi connectivity index (χ2v) is 18.6. The number of aliphatic hydroxyl groups is 2. The summed E-state index contributed by atoms with van der Waals surface area (Å²) in [7, 11) is -4.52. The maximum absolute atomic E-state index is 12.7. The van der Waals surface area contributed by atoms with Crippen LogP contribution < -0.4 is 0 Å². The van der Waals surface area contributed by atoms with Crippen LogP contribution in [0, 0.1) is 0 Å². The van der Waals surface area contributed by atoms with Crippen LogP contribution in [-0.2, 0) is 27.9 Å². The van der Waals surface area contributed by atoms with Gasteiger partial charge in [0.05, 0.1) is 26.4 Å². The highest BCUT2D eigenvalue weighted by atomic mass is 31.2. The van der Waals surface area contributed by atoms with Crippen LogP contribution in [0.2, 0.25) is 0 Å². The van der Waals surface area contributed by atoms with Crippen molar-refractivity contribution in [2.24, 2.45) is 0 Å². The normalized spacial score (nSPS) is 13.9. The lowest BCUT2D eigenvalue weighted by Gasteiger charge is -2.20. The first-order valence-corrected chi connectivity index (χ1v) is 26.7. The van der Waals surface area contributed by atoms with Gasteiger partial charge in [0.25, 0.3) is 0 Å². The van der Waals surface area contributed by atoms with E-state index in [2.05, 4.69) is 26.0 Å².